The summed E-state index contributed by atoms with van der Waals surface area (Å²) in [5, 5.41) is 0. The summed E-state index contributed by atoms with van der Waals surface area (Å²) in [7, 11) is -2.57. The van der Waals surface area contributed by atoms with Crippen LogP contribution < -0.4 is 9.46 Å². The average Bonchev–Trinajstić information content (AvgIpc) is 2.64. The molecule has 1 N–H and O–H groups in total. The molecule has 0 spiro atoms. The molecule has 0 atom stereocenters. The number of methoxy groups -OCH3 is 1. The second kappa shape index (κ2) is 7.53. The minimum atomic E-state index is -3.89. The Hall–Kier alpha value is -2.93. The number of sulfonamides is 1. The average molecular weight is 372 g/mol. The maximum atomic E-state index is 13.8. The molecule has 5 nitrogen and oxygen atoms in total. The van der Waals surface area contributed by atoms with E-state index in [4.69, 9.17) is 4.74 Å². The summed E-state index contributed by atoms with van der Waals surface area (Å²) < 4.78 is 45.8. The van der Waals surface area contributed by atoms with Crippen LogP contribution in [0.25, 0.3) is 0 Å². The van der Waals surface area contributed by atoms with E-state index in [1.54, 1.807) is 18.3 Å². The lowest BCUT2D eigenvalue weighted by molar-refractivity contribution is 0.385. The molecule has 0 fully saturated rings. The number of nitrogens with one attached hydrogen (secondary N) is 1. The van der Waals surface area contributed by atoms with Crippen molar-refractivity contribution in [3.63, 3.8) is 0 Å². The Bertz CT molecular complexity index is 991. The first-order valence-corrected chi connectivity index (χ1v) is 9.31. The van der Waals surface area contributed by atoms with E-state index in [1.165, 1.54) is 19.2 Å². The van der Waals surface area contributed by atoms with Crippen LogP contribution in [0.3, 0.4) is 0 Å². The van der Waals surface area contributed by atoms with Crippen LogP contribution in [0.4, 0.5) is 10.1 Å². The standard InChI is InChI=1S/C19H17FN2O3S/c1-25-19-10-9-17(13-18(19)20)26(23,24)22-15-7-5-14(6-8-15)12-16-4-2-3-11-21-16/h2-11,13,22H,12H2,1H3. The molecule has 0 saturated carbocycles. The molecular weight excluding hydrogens is 355 g/mol. The first-order valence-electron chi connectivity index (χ1n) is 7.83. The van der Waals surface area contributed by atoms with Gasteiger partial charge in [-0.3, -0.25) is 9.71 Å². The van der Waals surface area contributed by atoms with E-state index in [0.717, 1.165) is 17.3 Å². The number of halogens is 1. The van der Waals surface area contributed by atoms with Gasteiger partial charge in [0.15, 0.2) is 11.6 Å². The van der Waals surface area contributed by atoms with Gasteiger partial charge in [-0.25, -0.2) is 12.8 Å². The summed E-state index contributed by atoms with van der Waals surface area (Å²) in [5.41, 5.74) is 2.32. The van der Waals surface area contributed by atoms with Gasteiger partial charge in [-0.1, -0.05) is 18.2 Å². The van der Waals surface area contributed by atoms with E-state index < -0.39 is 15.8 Å². The predicted octanol–water partition coefficient (Wildman–Crippen LogP) is 3.62. The maximum Gasteiger partial charge on any atom is 0.262 e. The highest BCUT2D eigenvalue weighted by atomic mass is 32.2. The third-order valence-corrected chi connectivity index (χ3v) is 5.13. The largest absolute Gasteiger partial charge is 0.494 e. The summed E-state index contributed by atoms with van der Waals surface area (Å²) in [6.45, 7) is 0. The Balaban J connectivity index is 1.74. The van der Waals surface area contributed by atoms with Crippen LogP contribution in [0, 0.1) is 5.82 Å². The summed E-state index contributed by atoms with van der Waals surface area (Å²) >= 11 is 0. The first-order chi connectivity index (χ1) is 12.5. The molecule has 1 aromatic heterocycles. The highest BCUT2D eigenvalue weighted by Gasteiger charge is 2.17. The lowest BCUT2D eigenvalue weighted by atomic mass is 10.1. The summed E-state index contributed by atoms with van der Waals surface area (Å²) in [6, 6.07) is 16.2. The normalized spacial score (nSPS) is 11.2. The van der Waals surface area contributed by atoms with Crippen molar-refractivity contribution in [2.45, 2.75) is 11.3 Å². The highest BCUT2D eigenvalue weighted by molar-refractivity contribution is 7.92. The summed E-state index contributed by atoms with van der Waals surface area (Å²) in [5.74, 6) is -0.746. The SMILES string of the molecule is COc1ccc(S(=O)(=O)Nc2ccc(Cc3ccccn3)cc2)cc1F. The molecular formula is C19H17FN2O3S. The third kappa shape index (κ3) is 4.18. The summed E-state index contributed by atoms with van der Waals surface area (Å²) in [4.78, 5) is 4.09. The van der Waals surface area contributed by atoms with Gasteiger partial charge in [0.1, 0.15) is 0 Å². The van der Waals surface area contributed by atoms with E-state index >= 15 is 0 Å². The predicted molar refractivity (Wildman–Crippen MR) is 97.2 cm³/mol. The van der Waals surface area contributed by atoms with E-state index in [1.807, 2.05) is 30.3 Å². The van der Waals surface area contributed by atoms with Crippen molar-refractivity contribution in [3.8, 4) is 5.75 Å². The van der Waals surface area contributed by atoms with Gasteiger partial charge in [0, 0.05) is 24.0 Å². The number of ether oxygens (including phenoxy) is 1. The zero-order chi connectivity index (χ0) is 18.6. The number of hydrogen-bond donors (Lipinski definition) is 1. The molecule has 0 amide bonds. The van der Waals surface area contributed by atoms with Gasteiger partial charge in [-0.05, 0) is 48.0 Å². The van der Waals surface area contributed by atoms with Gasteiger partial charge < -0.3 is 4.74 Å². The van der Waals surface area contributed by atoms with E-state index in [9.17, 15) is 12.8 Å². The van der Waals surface area contributed by atoms with Gasteiger partial charge in [0.25, 0.3) is 10.0 Å². The lowest BCUT2D eigenvalue weighted by Crippen LogP contribution is -2.13. The molecule has 0 saturated heterocycles. The van der Waals surface area contributed by atoms with Crippen LogP contribution in [0.15, 0.2) is 71.8 Å². The van der Waals surface area contributed by atoms with Crippen molar-refractivity contribution < 1.29 is 17.5 Å². The van der Waals surface area contributed by atoms with Gasteiger partial charge in [-0.15, -0.1) is 0 Å². The monoisotopic (exact) mass is 372 g/mol. The number of hydrogen-bond acceptors (Lipinski definition) is 4. The molecule has 0 unspecified atom stereocenters. The number of nitrogens with zero attached hydrogens (tertiary/aromatic N) is 1. The first kappa shape index (κ1) is 17.9. The second-order valence-electron chi connectivity index (χ2n) is 5.60. The molecule has 134 valence electrons. The lowest BCUT2D eigenvalue weighted by Gasteiger charge is -2.10. The molecule has 3 rings (SSSR count). The molecule has 1 heterocycles. The number of anilines is 1. The molecule has 3 aromatic rings. The molecule has 0 radical (unpaired) electrons. The topological polar surface area (TPSA) is 68.3 Å². The van der Waals surface area contributed by atoms with Crippen LogP contribution in [0.1, 0.15) is 11.3 Å². The molecule has 2 aromatic carbocycles. The Kier molecular flexibility index (Phi) is 5.18. The summed E-state index contributed by atoms with van der Waals surface area (Å²) in [6.07, 6.45) is 2.38. The Morgan fingerprint density at radius 1 is 1.08 bits per heavy atom. The quantitative estimate of drug-likeness (QED) is 0.718. The van der Waals surface area contributed by atoms with Crippen molar-refractivity contribution in [1.82, 2.24) is 4.98 Å². The smallest absolute Gasteiger partial charge is 0.262 e. The Morgan fingerprint density at radius 3 is 2.46 bits per heavy atom. The third-order valence-electron chi connectivity index (χ3n) is 3.75. The van der Waals surface area contributed by atoms with Crippen molar-refractivity contribution in [2.75, 3.05) is 11.8 Å². The maximum absolute atomic E-state index is 13.8. The molecule has 0 aliphatic carbocycles. The minimum absolute atomic E-state index is 0.0113. The second-order valence-corrected chi connectivity index (χ2v) is 7.28. The van der Waals surface area contributed by atoms with E-state index in [-0.39, 0.29) is 10.6 Å². The zero-order valence-electron chi connectivity index (χ0n) is 14.0. The van der Waals surface area contributed by atoms with Gasteiger partial charge in [0.2, 0.25) is 0 Å². The van der Waals surface area contributed by atoms with Crippen LogP contribution in [-0.2, 0) is 16.4 Å². The fourth-order valence-corrected chi connectivity index (χ4v) is 3.50. The van der Waals surface area contributed by atoms with Gasteiger partial charge in [-0.2, -0.15) is 0 Å². The highest BCUT2D eigenvalue weighted by Crippen LogP contribution is 2.23. The van der Waals surface area contributed by atoms with E-state index in [0.29, 0.717) is 12.1 Å². The minimum Gasteiger partial charge on any atom is -0.494 e. The Labute approximate surface area is 151 Å². The number of pyridine rings is 1. The molecule has 26 heavy (non-hydrogen) atoms. The fraction of sp³-hybridized carbons (Fsp3) is 0.105. The van der Waals surface area contributed by atoms with Crippen molar-refractivity contribution in [1.29, 1.82) is 0 Å². The molecule has 0 aliphatic rings. The van der Waals surface area contributed by atoms with Gasteiger partial charge >= 0.3 is 0 Å². The van der Waals surface area contributed by atoms with Crippen molar-refractivity contribution in [3.05, 3.63) is 83.9 Å². The number of benzene rings is 2. The zero-order valence-corrected chi connectivity index (χ0v) is 14.8. The van der Waals surface area contributed by atoms with Gasteiger partial charge in [0.05, 0.1) is 12.0 Å². The van der Waals surface area contributed by atoms with Crippen LogP contribution in [0.5, 0.6) is 5.75 Å². The molecule has 0 bridgehead atoms. The van der Waals surface area contributed by atoms with Crippen LogP contribution >= 0.6 is 0 Å². The van der Waals surface area contributed by atoms with Crippen LogP contribution in [0.2, 0.25) is 0 Å². The number of aromatic nitrogens is 1. The Morgan fingerprint density at radius 2 is 1.85 bits per heavy atom. The number of rotatable bonds is 6. The van der Waals surface area contributed by atoms with Crippen molar-refractivity contribution >= 4 is 15.7 Å². The van der Waals surface area contributed by atoms with Crippen molar-refractivity contribution in [2.24, 2.45) is 0 Å². The fourth-order valence-electron chi connectivity index (χ4n) is 2.43. The van der Waals surface area contributed by atoms with Crippen LogP contribution in [-0.4, -0.2) is 20.5 Å². The molecule has 7 heteroatoms. The molecule has 0 aliphatic heterocycles. The van der Waals surface area contributed by atoms with E-state index in [2.05, 4.69) is 9.71 Å².